The first-order valence-corrected chi connectivity index (χ1v) is 10.2. The summed E-state index contributed by atoms with van der Waals surface area (Å²) >= 11 is 2.91. The molecule has 1 aliphatic rings. The maximum atomic E-state index is 12.1. The van der Waals surface area contributed by atoms with E-state index in [0.717, 1.165) is 35.7 Å². The average molecular weight is 403 g/mol. The van der Waals surface area contributed by atoms with Crippen molar-refractivity contribution in [3.8, 4) is 0 Å². The van der Waals surface area contributed by atoms with Crippen LogP contribution in [0.25, 0.3) is 0 Å². The summed E-state index contributed by atoms with van der Waals surface area (Å²) in [4.78, 5) is 20.0. The minimum atomic E-state index is -0.158. The third kappa shape index (κ3) is 4.61. The Morgan fingerprint density at radius 1 is 1.22 bits per heavy atom. The van der Waals surface area contributed by atoms with Gasteiger partial charge in [0, 0.05) is 18.5 Å². The molecule has 9 nitrogen and oxygen atoms in total. The molecule has 0 unspecified atom stereocenters. The first-order chi connectivity index (χ1) is 13.2. The monoisotopic (exact) mass is 402 g/mol. The van der Waals surface area contributed by atoms with Gasteiger partial charge in [0.1, 0.15) is 16.3 Å². The lowest BCUT2D eigenvalue weighted by atomic mass is 10.0. The zero-order chi connectivity index (χ0) is 18.6. The number of carbonyl (C=O) groups excluding carboxylic acids is 1. The van der Waals surface area contributed by atoms with Crippen LogP contribution in [0.1, 0.15) is 40.9 Å². The molecule has 1 amide bonds. The predicted molar refractivity (Wildman–Crippen MR) is 102 cm³/mol. The standard InChI is InChI=1S/C16H18N8OS2/c17-15-23-21-13(26-15)6-9-1-2-10(5-9)14-22-24-16(27-14)20-12(25)7-11-3-4-18-8-19-11/h3-4,8-10H,1-2,5-7H2,(H2,17,23)(H,20,24,25)/t9-,10+/m0/s1. The summed E-state index contributed by atoms with van der Waals surface area (Å²) in [5.74, 6) is 0.780. The Bertz CT molecular complexity index is 912. The van der Waals surface area contributed by atoms with Gasteiger partial charge < -0.3 is 11.1 Å². The van der Waals surface area contributed by atoms with Crippen molar-refractivity contribution in [2.45, 2.75) is 38.0 Å². The Morgan fingerprint density at radius 3 is 2.93 bits per heavy atom. The number of amides is 1. The number of carbonyl (C=O) groups is 1. The van der Waals surface area contributed by atoms with Gasteiger partial charge in [-0.3, -0.25) is 4.79 Å². The highest BCUT2D eigenvalue weighted by Gasteiger charge is 2.29. The zero-order valence-corrected chi connectivity index (χ0v) is 16.0. The molecule has 3 aromatic heterocycles. The van der Waals surface area contributed by atoms with E-state index in [2.05, 4.69) is 35.7 Å². The molecule has 3 aromatic rings. The van der Waals surface area contributed by atoms with Crippen molar-refractivity contribution in [2.75, 3.05) is 11.1 Å². The number of nitrogen functional groups attached to an aromatic ring is 1. The lowest BCUT2D eigenvalue weighted by molar-refractivity contribution is -0.115. The molecule has 1 saturated carbocycles. The van der Waals surface area contributed by atoms with Gasteiger partial charge in [-0.2, -0.15) is 0 Å². The summed E-state index contributed by atoms with van der Waals surface area (Å²) in [7, 11) is 0. The summed E-state index contributed by atoms with van der Waals surface area (Å²) in [6, 6.07) is 1.72. The molecule has 0 aromatic carbocycles. The third-order valence-corrected chi connectivity index (χ3v) is 6.28. The molecule has 1 aliphatic carbocycles. The van der Waals surface area contributed by atoms with Crippen LogP contribution in [0, 0.1) is 5.92 Å². The predicted octanol–water partition coefficient (Wildman–Crippen LogP) is 2.07. The lowest BCUT2D eigenvalue weighted by Gasteiger charge is -2.06. The topological polar surface area (TPSA) is 132 Å². The average Bonchev–Trinajstić information content (AvgIpc) is 3.38. The van der Waals surface area contributed by atoms with Crippen molar-refractivity contribution in [3.63, 3.8) is 0 Å². The van der Waals surface area contributed by atoms with E-state index in [9.17, 15) is 4.79 Å². The van der Waals surface area contributed by atoms with Crippen molar-refractivity contribution in [3.05, 3.63) is 34.3 Å². The molecule has 4 rings (SSSR count). The largest absolute Gasteiger partial charge is 0.374 e. The van der Waals surface area contributed by atoms with Gasteiger partial charge in [-0.05, 0) is 31.2 Å². The van der Waals surface area contributed by atoms with Gasteiger partial charge in [0.25, 0.3) is 0 Å². The van der Waals surface area contributed by atoms with E-state index in [1.807, 2.05) is 0 Å². The Balaban J connectivity index is 1.31. The van der Waals surface area contributed by atoms with Crippen LogP contribution >= 0.6 is 22.7 Å². The van der Waals surface area contributed by atoms with Crippen molar-refractivity contribution >= 4 is 38.8 Å². The Kier molecular flexibility index (Phi) is 5.30. The highest BCUT2D eigenvalue weighted by atomic mass is 32.1. The van der Waals surface area contributed by atoms with Crippen LogP contribution in [0.5, 0.6) is 0 Å². The number of hydrogen-bond donors (Lipinski definition) is 2. The first kappa shape index (κ1) is 17.9. The number of aromatic nitrogens is 6. The SMILES string of the molecule is Nc1nnc(C[C@H]2CC[C@@H](c3nnc(NC(=O)Cc4ccncn4)s3)C2)s1. The number of nitrogens with two attached hydrogens (primary N) is 1. The van der Waals surface area contributed by atoms with Gasteiger partial charge in [0.2, 0.25) is 16.2 Å². The number of nitrogens with one attached hydrogen (secondary N) is 1. The molecule has 140 valence electrons. The molecule has 3 N–H and O–H groups in total. The van der Waals surface area contributed by atoms with Crippen LogP contribution in [0.4, 0.5) is 10.3 Å². The van der Waals surface area contributed by atoms with Gasteiger partial charge in [0.15, 0.2) is 0 Å². The molecule has 2 atom stereocenters. The molecule has 1 fully saturated rings. The quantitative estimate of drug-likeness (QED) is 0.640. The van der Waals surface area contributed by atoms with E-state index in [1.54, 1.807) is 12.3 Å². The number of nitrogens with zero attached hydrogens (tertiary/aromatic N) is 6. The van der Waals surface area contributed by atoms with Crippen LogP contribution < -0.4 is 11.1 Å². The summed E-state index contributed by atoms with van der Waals surface area (Å²) in [5, 5.41) is 22.2. The summed E-state index contributed by atoms with van der Waals surface area (Å²) in [5.41, 5.74) is 6.32. The fourth-order valence-electron chi connectivity index (χ4n) is 3.28. The highest BCUT2D eigenvalue weighted by molar-refractivity contribution is 7.15. The highest BCUT2D eigenvalue weighted by Crippen LogP contribution is 2.41. The van der Waals surface area contributed by atoms with Crippen LogP contribution in [-0.4, -0.2) is 36.3 Å². The van der Waals surface area contributed by atoms with E-state index in [0.29, 0.717) is 27.8 Å². The number of hydrogen-bond acceptors (Lipinski definition) is 10. The zero-order valence-electron chi connectivity index (χ0n) is 14.4. The lowest BCUT2D eigenvalue weighted by Crippen LogP contribution is -2.15. The second-order valence-corrected chi connectivity index (χ2v) is 8.59. The van der Waals surface area contributed by atoms with Gasteiger partial charge >= 0.3 is 0 Å². The Labute approximate surface area is 163 Å². The summed E-state index contributed by atoms with van der Waals surface area (Å²) in [6.45, 7) is 0. The van der Waals surface area contributed by atoms with Crippen LogP contribution in [0.2, 0.25) is 0 Å². The van der Waals surface area contributed by atoms with Crippen LogP contribution in [-0.2, 0) is 17.6 Å². The molecular formula is C16H18N8OS2. The molecule has 11 heteroatoms. The summed E-state index contributed by atoms with van der Waals surface area (Å²) in [6.07, 6.45) is 7.38. The number of rotatable bonds is 6. The van der Waals surface area contributed by atoms with Crippen molar-refractivity contribution < 1.29 is 4.79 Å². The minimum absolute atomic E-state index is 0.158. The summed E-state index contributed by atoms with van der Waals surface area (Å²) < 4.78 is 0. The van der Waals surface area contributed by atoms with Crippen molar-refractivity contribution in [2.24, 2.45) is 5.92 Å². The first-order valence-electron chi connectivity index (χ1n) is 8.61. The molecule has 27 heavy (non-hydrogen) atoms. The second-order valence-electron chi connectivity index (χ2n) is 6.49. The van der Waals surface area contributed by atoms with Gasteiger partial charge in [-0.1, -0.05) is 22.7 Å². The third-order valence-electron chi connectivity index (χ3n) is 4.51. The minimum Gasteiger partial charge on any atom is -0.374 e. The maximum absolute atomic E-state index is 12.1. The molecule has 0 spiro atoms. The fourth-order valence-corrected chi connectivity index (χ4v) is 4.91. The van der Waals surface area contributed by atoms with Gasteiger partial charge in [-0.25, -0.2) is 9.97 Å². The molecule has 3 heterocycles. The van der Waals surface area contributed by atoms with E-state index in [-0.39, 0.29) is 12.3 Å². The van der Waals surface area contributed by atoms with E-state index in [4.69, 9.17) is 5.73 Å². The molecule has 0 saturated heterocycles. The molecular weight excluding hydrogens is 384 g/mol. The van der Waals surface area contributed by atoms with E-state index >= 15 is 0 Å². The van der Waals surface area contributed by atoms with Crippen LogP contribution in [0.15, 0.2) is 18.6 Å². The molecule has 0 bridgehead atoms. The van der Waals surface area contributed by atoms with Crippen molar-refractivity contribution in [1.29, 1.82) is 0 Å². The van der Waals surface area contributed by atoms with E-state index < -0.39 is 0 Å². The molecule has 0 radical (unpaired) electrons. The van der Waals surface area contributed by atoms with Gasteiger partial charge in [0.05, 0.1) is 12.1 Å². The normalized spacial score (nSPS) is 19.3. The van der Waals surface area contributed by atoms with Crippen LogP contribution in [0.3, 0.4) is 0 Å². The molecule has 0 aliphatic heterocycles. The number of anilines is 2. The second kappa shape index (κ2) is 8.01. The smallest absolute Gasteiger partial charge is 0.232 e. The maximum Gasteiger partial charge on any atom is 0.232 e. The van der Waals surface area contributed by atoms with E-state index in [1.165, 1.54) is 29.0 Å². The Morgan fingerprint density at radius 2 is 2.15 bits per heavy atom. The van der Waals surface area contributed by atoms with Gasteiger partial charge in [-0.15, -0.1) is 20.4 Å². The fraction of sp³-hybridized carbons (Fsp3) is 0.438. The van der Waals surface area contributed by atoms with Crippen molar-refractivity contribution in [1.82, 2.24) is 30.4 Å². The Hall–Kier alpha value is -2.53.